The number of carbonyl (C=O) groups excluding carboxylic acids is 1. The predicted molar refractivity (Wildman–Crippen MR) is 106 cm³/mol. The van der Waals surface area contributed by atoms with Crippen molar-refractivity contribution < 1.29 is 9.53 Å². The van der Waals surface area contributed by atoms with Crippen LogP contribution >= 0.6 is 34.5 Å². The molecule has 0 bridgehead atoms. The van der Waals surface area contributed by atoms with Gasteiger partial charge in [-0.25, -0.2) is 0 Å². The smallest absolute Gasteiger partial charge is 0.266 e. The Kier molecular flexibility index (Phi) is 5.61. The van der Waals surface area contributed by atoms with E-state index >= 15 is 0 Å². The molecule has 0 radical (unpaired) electrons. The third-order valence-electron chi connectivity index (χ3n) is 3.59. The molecule has 3 aromatic rings. The highest BCUT2D eigenvalue weighted by atomic mass is 35.5. The molecule has 0 saturated heterocycles. The number of ketones is 1. The molecule has 1 N–H and O–H groups in total. The first-order valence-corrected chi connectivity index (χ1v) is 9.10. The van der Waals surface area contributed by atoms with Crippen LogP contribution in [0.1, 0.15) is 15.9 Å². The minimum absolute atomic E-state index is 0.215. The Balaban J connectivity index is 1.99. The number of carbonyl (C=O) groups is 1. The van der Waals surface area contributed by atoms with Gasteiger partial charge in [-0.1, -0.05) is 29.3 Å². The van der Waals surface area contributed by atoms with E-state index in [9.17, 15) is 9.59 Å². The zero-order valence-corrected chi connectivity index (χ0v) is 15.9. The fraction of sp³-hybridized carbons (Fsp3) is 0.0526. The van der Waals surface area contributed by atoms with Crippen LogP contribution in [0.3, 0.4) is 0 Å². The predicted octanol–water partition coefficient (Wildman–Crippen LogP) is 3.24. The Hall–Kier alpha value is -2.34. The van der Waals surface area contributed by atoms with Gasteiger partial charge in [0.25, 0.3) is 5.56 Å². The van der Waals surface area contributed by atoms with Gasteiger partial charge in [0.2, 0.25) is 0 Å². The van der Waals surface area contributed by atoms with Gasteiger partial charge < -0.3 is 9.72 Å². The number of nitrogens with one attached hydrogen (secondary N) is 1. The maximum Gasteiger partial charge on any atom is 0.266 e. The Labute approximate surface area is 163 Å². The van der Waals surface area contributed by atoms with Gasteiger partial charge in [0.05, 0.1) is 16.3 Å². The number of hydrogen-bond donors (Lipinski definition) is 1. The summed E-state index contributed by atoms with van der Waals surface area (Å²) in [5.74, 6) is 0.451. The molecule has 3 rings (SSSR count). The van der Waals surface area contributed by atoms with E-state index in [0.29, 0.717) is 36.1 Å². The summed E-state index contributed by atoms with van der Waals surface area (Å²) in [6.45, 7) is 0. The first-order valence-electron chi connectivity index (χ1n) is 7.53. The Morgan fingerprint density at radius 1 is 1.12 bits per heavy atom. The molecule has 7 heteroatoms. The second-order valence-electron chi connectivity index (χ2n) is 5.30. The highest BCUT2D eigenvalue weighted by Crippen LogP contribution is 2.24. The van der Waals surface area contributed by atoms with Crippen molar-refractivity contribution in [2.45, 2.75) is 0 Å². The van der Waals surface area contributed by atoms with E-state index in [2.05, 4.69) is 4.98 Å². The quantitative estimate of drug-likeness (QED) is 0.677. The molecule has 1 heterocycles. The average Bonchev–Trinajstić information content (AvgIpc) is 2.97. The number of ether oxygens (including phenoxy) is 1. The van der Waals surface area contributed by atoms with Crippen molar-refractivity contribution in [1.82, 2.24) is 4.98 Å². The number of thiazole rings is 1. The molecule has 0 saturated carbocycles. The van der Waals surface area contributed by atoms with E-state index in [1.54, 1.807) is 55.7 Å². The van der Waals surface area contributed by atoms with Crippen LogP contribution in [-0.2, 0) is 0 Å². The summed E-state index contributed by atoms with van der Waals surface area (Å²) in [5.41, 5.74) is 0.760. The molecule has 26 heavy (non-hydrogen) atoms. The van der Waals surface area contributed by atoms with Gasteiger partial charge in [0, 0.05) is 27.2 Å². The molecule has 0 aliphatic carbocycles. The zero-order valence-electron chi connectivity index (χ0n) is 13.6. The normalized spacial score (nSPS) is 12.4. The number of aromatic amines is 1. The number of rotatable bonds is 4. The van der Waals surface area contributed by atoms with E-state index in [4.69, 9.17) is 27.9 Å². The molecule has 0 spiro atoms. The number of H-pyrrole nitrogens is 1. The van der Waals surface area contributed by atoms with Crippen LogP contribution in [-0.4, -0.2) is 17.9 Å². The topological polar surface area (TPSA) is 59.2 Å². The standard InChI is InChI=1S/C19H13Cl2NO3S/c1-25-12-7-5-11(6-8-12)16(23)10-18-22-19(24)17(26-18)9-13-14(20)3-2-4-15(13)21/h2-10H,1H3,(H,22,24)/b17-9+,18-10+. The maximum absolute atomic E-state index is 12.3. The average molecular weight is 406 g/mol. The molecule has 0 amide bonds. The van der Waals surface area contributed by atoms with Crippen LogP contribution in [0.5, 0.6) is 5.75 Å². The van der Waals surface area contributed by atoms with Crippen molar-refractivity contribution >= 4 is 52.5 Å². The first kappa shape index (κ1) is 18.5. The van der Waals surface area contributed by atoms with Crippen LogP contribution in [0.4, 0.5) is 0 Å². The summed E-state index contributed by atoms with van der Waals surface area (Å²) in [6.07, 6.45) is 3.00. The molecule has 4 nitrogen and oxygen atoms in total. The third-order valence-corrected chi connectivity index (χ3v) is 5.21. The Morgan fingerprint density at radius 3 is 2.38 bits per heavy atom. The van der Waals surface area contributed by atoms with Crippen molar-refractivity contribution in [1.29, 1.82) is 0 Å². The van der Waals surface area contributed by atoms with E-state index in [-0.39, 0.29) is 11.3 Å². The molecule has 0 unspecified atom stereocenters. The molecule has 0 aliphatic rings. The fourth-order valence-corrected chi connectivity index (χ4v) is 3.64. The summed E-state index contributed by atoms with van der Waals surface area (Å²) in [4.78, 5) is 27.2. The van der Waals surface area contributed by atoms with Crippen LogP contribution in [0.25, 0.3) is 12.2 Å². The molecule has 0 fully saturated rings. The van der Waals surface area contributed by atoms with Crippen molar-refractivity contribution in [3.63, 3.8) is 0 Å². The molecule has 132 valence electrons. The van der Waals surface area contributed by atoms with Crippen molar-refractivity contribution in [3.05, 3.63) is 83.2 Å². The molecule has 0 atom stereocenters. The fourth-order valence-electron chi connectivity index (χ4n) is 2.26. The summed E-state index contributed by atoms with van der Waals surface area (Å²) >= 11 is 13.4. The lowest BCUT2D eigenvalue weighted by atomic mass is 10.1. The number of hydrogen-bond acceptors (Lipinski definition) is 4. The van der Waals surface area contributed by atoms with Crippen molar-refractivity contribution in [2.75, 3.05) is 7.11 Å². The number of halogens is 2. The lowest BCUT2D eigenvalue weighted by molar-refractivity contribution is 0.106. The minimum Gasteiger partial charge on any atom is -0.497 e. The van der Waals surface area contributed by atoms with E-state index in [0.717, 1.165) is 11.3 Å². The highest BCUT2D eigenvalue weighted by molar-refractivity contribution is 7.07. The van der Waals surface area contributed by atoms with Crippen LogP contribution in [0.2, 0.25) is 10.0 Å². The Bertz CT molecular complexity index is 1110. The number of benzene rings is 2. The number of aromatic nitrogens is 1. The first-order chi connectivity index (χ1) is 12.5. The largest absolute Gasteiger partial charge is 0.497 e. The summed E-state index contributed by atoms with van der Waals surface area (Å²) < 4.78 is 5.93. The Morgan fingerprint density at radius 2 is 1.77 bits per heavy atom. The van der Waals surface area contributed by atoms with Crippen LogP contribution < -0.4 is 19.5 Å². The van der Waals surface area contributed by atoms with Gasteiger partial charge in [-0.3, -0.25) is 9.59 Å². The summed E-state index contributed by atoms with van der Waals surface area (Å²) in [6, 6.07) is 11.9. The molecule has 1 aromatic heterocycles. The molecule has 2 aromatic carbocycles. The van der Waals surface area contributed by atoms with E-state index < -0.39 is 0 Å². The molecular weight excluding hydrogens is 393 g/mol. The van der Waals surface area contributed by atoms with Gasteiger partial charge in [-0.2, -0.15) is 0 Å². The second-order valence-corrected chi connectivity index (χ2v) is 7.20. The molecule has 0 aliphatic heterocycles. The zero-order chi connectivity index (χ0) is 18.7. The minimum atomic E-state index is -0.306. The number of methoxy groups -OCH3 is 1. The SMILES string of the molecule is COc1ccc(C(=O)/C=c2\[nH]c(=O)/c(=C\c3c(Cl)cccc3Cl)s2)cc1. The van der Waals surface area contributed by atoms with Gasteiger partial charge >= 0.3 is 0 Å². The summed E-state index contributed by atoms with van der Waals surface area (Å²) in [5, 5.41) is 0.898. The summed E-state index contributed by atoms with van der Waals surface area (Å²) in [7, 11) is 1.56. The highest BCUT2D eigenvalue weighted by Gasteiger charge is 2.06. The van der Waals surface area contributed by atoms with Crippen LogP contribution in [0, 0.1) is 0 Å². The van der Waals surface area contributed by atoms with Gasteiger partial charge in [0.15, 0.2) is 5.78 Å². The number of Topliss-reactive ketones (excluding diaryl/α,β-unsaturated/α-hetero) is 1. The van der Waals surface area contributed by atoms with E-state index in [1.165, 1.54) is 6.08 Å². The second kappa shape index (κ2) is 7.91. The van der Waals surface area contributed by atoms with Crippen molar-refractivity contribution in [3.8, 4) is 5.75 Å². The lowest BCUT2D eigenvalue weighted by Crippen LogP contribution is -2.20. The maximum atomic E-state index is 12.3. The van der Waals surface area contributed by atoms with Crippen LogP contribution in [0.15, 0.2) is 47.3 Å². The van der Waals surface area contributed by atoms with Gasteiger partial charge in [-0.15, -0.1) is 11.3 Å². The third kappa shape index (κ3) is 4.07. The monoisotopic (exact) mass is 405 g/mol. The molecular formula is C19H13Cl2NO3S. The lowest BCUT2D eigenvalue weighted by Gasteiger charge is -1.99. The van der Waals surface area contributed by atoms with E-state index in [1.807, 2.05) is 0 Å². The van der Waals surface area contributed by atoms with Crippen molar-refractivity contribution in [2.24, 2.45) is 0 Å². The van der Waals surface area contributed by atoms with Gasteiger partial charge in [-0.05, 0) is 42.5 Å². The van der Waals surface area contributed by atoms with Gasteiger partial charge in [0.1, 0.15) is 5.75 Å².